The zero-order valence-corrected chi connectivity index (χ0v) is 18.7. The van der Waals surface area contributed by atoms with Gasteiger partial charge in [-0.05, 0) is 49.1 Å². The van der Waals surface area contributed by atoms with Crippen LogP contribution in [0.4, 0.5) is 4.39 Å². The van der Waals surface area contributed by atoms with Gasteiger partial charge in [-0.25, -0.2) is 4.39 Å². The van der Waals surface area contributed by atoms with Gasteiger partial charge in [0.1, 0.15) is 5.82 Å². The van der Waals surface area contributed by atoms with Gasteiger partial charge >= 0.3 is 0 Å². The number of aryl methyl sites for hydroxylation is 1. The maximum Gasteiger partial charge on any atom is 0.191 e. The molecule has 0 radical (unpaired) electrons. The van der Waals surface area contributed by atoms with Gasteiger partial charge in [-0.15, -0.1) is 24.0 Å². The second-order valence-electron chi connectivity index (χ2n) is 6.62. The monoisotopic (exact) mass is 492 g/mol. The summed E-state index contributed by atoms with van der Waals surface area (Å²) < 4.78 is 13.8. The van der Waals surface area contributed by atoms with Crippen LogP contribution in [0, 0.1) is 12.7 Å². The first-order chi connectivity index (χ1) is 13.1. The van der Waals surface area contributed by atoms with Crippen LogP contribution in [0.3, 0.4) is 0 Å². The van der Waals surface area contributed by atoms with Crippen molar-refractivity contribution in [3.05, 3.63) is 77.2 Å². The van der Waals surface area contributed by atoms with Crippen molar-refractivity contribution in [2.75, 3.05) is 13.6 Å². The molecule has 148 valence electrons. The molecule has 4 nitrogen and oxygen atoms in total. The number of fused-ring (bicyclic) bond motifs is 1. The number of aromatic nitrogens is 1. The molecule has 1 heterocycles. The van der Waals surface area contributed by atoms with E-state index in [1.807, 2.05) is 25.3 Å². The van der Waals surface area contributed by atoms with Gasteiger partial charge in [0.15, 0.2) is 5.96 Å². The standard InChI is InChI=1S/C22H25FN4.HI/c1-15-9-10-19(14-20(15)23)16(2)27-22(24-3)26-13-11-18-7-4-6-17-8-5-12-25-21(17)18;/h4-10,12,14,16H,11,13H2,1-3H3,(H2,24,26,27);1H. The fourth-order valence-corrected chi connectivity index (χ4v) is 3.05. The van der Waals surface area contributed by atoms with Crippen LogP contribution >= 0.6 is 24.0 Å². The van der Waals surface area contributed by atoms with E-state index in [2.05, 4.69) is 44.9 Å². The van der Waals surface area contributed by atoms with E-state index in [4.69, 9.17) is 0 Å². The summed E-state index contributed by atoms with van der Waals surface area (Å²) in [5.74, 6) is 0.504. The van der Waals surface area contributed by atoms with Crippen LogP contribution in [0.15, 0.2) is 59.7 Å². The first kappa shape index (κ1) is 22.1. The number of benzene rings is 2. The van der Waals surface area contributed by atoms with E-state index in [-0.39, 0.29) is 35.8 Å². The predicted molar refractivity (Wildman–Crippen MR) is 125 cm³/mol. The van der Waals surface area contributed by atoms with E-state index < -0.39 is 0 Å². The molecule has 3 rings (SSSR count). The quantitative estimate of drug-likeness (QED) is 0.307. The average molecular weight is 492 g/mol. The van der Waals surface area contributed by atoms with Crippen LogP contribution in [0.5, 0.6) is 0 Å². The molecule has 0 saturated carbocycles. The summed E-state index contributed by atoms with van der Waals surface area (Å²) in [4.78, 5) is 8.77. The number of halogens is 2. The summed E-state index contributed by atoms with van der Waals surface area (Å²) in [6, 6.07) is 15.5. The number of guanidine groups is 1. The maximum atomic E-state index is 13.8. The topological polar surface area (TPSA) is 49.3 Å². The van der Waals surface area contributed by atoms with Gasteiger partial charge in [-0.1, -0.05) is 36.4 Å². The second kappa shape index (κ2) is 10.4. The summed E-state index contributed by atoms with van der Waals surface area (Å²) in [5.41, 5.74) is 3.77. The summed E-state index contributed by atoms with van der Waals surface area (Å²) in [7, 11) is 1.73. The first-order valence-corrected chi connectivity index (χ1v) is 9.14. The minimum absolute atomic E-state index is 0. The van der Waals surface area contributed by atoms with Crippen LogP contribution in [-0.4, -0.2) is 24.5 Å². The highest BCUT2D eigenvalue weighted by atomic mass is 127. The number of hydrogen-bond donors (Lipinski definition) is 2. The van der Waals surface area contributed by atoms with E-state index in [1.54, 1.807) is 26.1 Å². The van der Waals surface area contributed by atoms with Crippen molar-refractivity contribution < 1.29 is 4.39 Å². The van der Waals surface area contributed by atoms with Crippen molar-refractivity contribution in [3.8, 4) is 0 Å². The number of pyridine rings is 1. The highest BCUT2D eigenvalue weighted by Gasteiger charge is 2.10. The van der Waals surface area contributed by atoms with Crippen molar-refractivity contribution in [3.63, 3.8) is 0 Å². The molecule has 2 N–H and O–H groups in total. The zero-order chi connectivity index (χ0) is 19.2. The first-order valence-electron chi connectivity index (χ1n) is 9.14. The molecular formula is C22H26FIN4. The SMILES string of the molecule is CN=C(NCCc1cccc2cccnc12)NC(C)c1ccc(C)c(F)c1.I. The van der Waals surface area contributed by atoms with Crippen molar-refractivity contribution in [2.45, 2.75) is 26.3 Å². The Kier molecular flexibility index (Phi) is 8.17. The van der Waals surface area contributed by atoms with Gasteiger partial charge in [-0.2, -0.15) is 0 Å². The third kappa shape index (κ3) is 5.41. The highest BCUT2D eigenvalue weighted by molar-refractivity contribution is 14.0. The number of rotatable bonds is 5. The third-order valence-corrected chi connectivity index (χ3v) is 4.68. The van der Waals surface area contributed by atoms with Crippen molar-refractivity contribution in [2.24, 2.45) is 4.99 Å². The van der Waals surface area contributed by atoms with E-state index in [0.717, 1.165) is 29.4 Å². The van der Waals surface area contributed by atoms with Gasteiger partial charge in [0, 0.05) is 25.2 Å². The fourth-order valence-electron chi connectivity index (χ4n) is 3.05. The lowest BCUT2D eigenvalue weighted by atomic mass is 10.1. The molecule has 2 aromatic carbocycles. The van der Waals surface area contributed by atoms with Crippen LogP contribution < -0.4 is 10.6 Å². The molecule has 1 unspecified atom stereocenters. The van der Waals surface area contributed by atoms with Crippen LogP contribution in [-0.2, 0) is 6.42 Å². The number of hydrogen-bond acceptors (Lipinski definition) is 2. The molecule has 3 aromatic rings. The fraction of sp³-hybridized carbons (Fsp3) is 0.273. The van der Waals surface area contributed by atoms with Gasteiger partial charge < -0.3 is 10.6 Å². The molecule has 28 heavy (non-hydrogen) atoms. The van der Waals surface area contributed by atoms with Crippen LogP contribution in [0.25, 0.3) is 10.9 Å². The Balaban J connectivity index is 0.00000280. The van der Waals surface area contributed by atoms with Gasteiger partial charge in [-0.3, -0.25) is 9.98 Å². The van der Waals surface area contributed by atoms with E-state index >= 15 is 0 Å². The molecule has 0 spiro atoms. The Bertz CT molecular complexity index is 953. The summed E-state index contributed by atoms with van der Waals surface area (Å²) >= 11 is 0. The minimum Gasteiger partial charge on any atom is -0.356 e. The summed E-state index contributed by atoms with van der Waals surface area (Å²) in [6.45, 7) is 4.48. The highest BCUT2D eigenvalue weighted by Crippen LogP contribution is 2.17. The molecule has 1 atom stereocenters. The Morgan fingerprint density at radius 1 is 1.18 bits per heavy atom. The lowest BCUT2D eigenvalue weighted by Gasteiger charge is -2.19. The molecule has 1 aromatic heterocycles. The molecule has 6 heteroatoms. The molecule has 0 saturated heterocycles. The average Bonchev–Trinajstić information content (AvgIpc) is 2.69. The Labute approximate surface area is 182 Å². The van der Waals surface area contributed by atoms with Gasteiger partial charge in [0.05, 0.1) is 11.6 Å². The Morgan fingerprint density at radius 3 is 2.71 bits per heavy atom. The number of nitrogens with zero attached hydrogens (tertiary/aromatic N) is 2. The number of aliphatic imine (C=N–C) groups is 1. The molecule has 0 aliphatic carbocycles. The normalized spacial score (nSPS) is 12.4. The Morgan fingerprint density at radius 2 is 1.96 bits per heavy atom. The molecule has 0 aliphatic heterocycles. The second-order valence-corrected chi connectivity index (χ2v) is 6.62. The Hall–Kier alpha value is -2.22. The lowest BCUT2D eigenvalue weighted by Crippen LogP contribution is -2.39. The van der Waals surface area contributed by atoms with Crippen molar-refractivity contribution >= 4 is 40.8 Å². The summed E-state index contributed by atoms with van der Waals surface area (Å²) in [6.07, 6.45) is 2.66. The van der Waals surface area contributed by atoms with Crippen molar-refractivity contribution in [1.29, 1.82) is 0 Å². The number of nitrogens with one attached hydrogen (secondary N) is 2. The van der Waals surface area contributed by atoms with Crippen molar-refractivity contribution in [1.82, 2.24) is 15.6 Å². The number of para-hydroxylation sites is 1. The zero-order valence-electron chi connectivity index (χ0n) is 16.4. The molecule has 0 amide bonds. The van der Waals surface area contributed by atoms with Gasteiger partial charge in [0.25, 0.3) is 0 Å². The predicted octanol–water partition coefficient (Wildman–Crippen LogP) is 4.77. The van der Waals surface area contributed by atoms with Crippen LogP contribution in [0.1, 0.15) is 29.7 Å². The summed E-state index contributed by atoms with van der Waals surface area (Å²) in [5, 5.41) is 7.78. The molecule has 0 bridgehead atoms. The molecule has 0 aliphatic rings. The van der Waals surface area contributed by atoms with E-state index in [0.29, 0.717) is 11.5 Å². The maximum absolute atomic E-state index is 13.8. The van der Waals surface area contributed by atoms with E-state index in [1.165, 1.54) is 5.56 Å². The van der Waals surface area contributed by atoms with Crippen LogP contribution in [0.2, 0.25) is 0 Å². The third-order valence-electron chi connectivity index (χ3n) is 4.68. The largest absolute Gasteiger partial charge is 0.356 e. The molecule has 0 fully saturated rings. The van der Waals surface area contributed by atoms with E-state index in [9.17, 15) is 4.39 Å². The smallest absolute Gasteiger partial charge is 0.191 e. The molecular weight excluding hydrogens is 466 g/mol. The minimum atomic E-state index is -0.187. The lowest BCUT2D eigenvalue weighted by molar-refractivity contribution is 0.607. The van der Waals surface area contributed by atoms with Gasteiger partial charge in [0.2, 0.25) is 0 Å².